The van der Waals surface area contributed by atoms with Crippen LogP contribution in [-0.4, -0.2) is 4.90 Å². The van der Waals surface area contributed by atoms with Crippen LogP contribution in [0, 0.1) is 0 Å². The molecule has 0 aliphatic carbocycles. The molecule has 112 valence electrons. The summed E-state index contributed by atoms with van der Waals surface area (Å²) in [7, 11) is 0. The topological polar surface area (TPSA) is 3.24 Å². The molecule has 3 heterocycles. The first-order chi connectivity index (χ1) is 11.2. The molecule has 2 aliphatic rings. The second-order valence-electron chi connectivity index (χ2n) is 6.46. The first kappa shape index (κ1) is 13.1. The Kier molecular flexibility index (Phi) is 2.62. The highest BCUT2D eigenvalue weighted by atomic mass is 32.1. The Morgan fingerprint density at radius 1 is 1.00 bits per heavy atom. The lowest BCUT2D eigenvalue weighted by Gasteiger charge is -2.35. The summed E-state index contributed by atoms with van der Waals surface area (Å²) < 4.78 is 2.76. The maximum absolute atomic E-state index is 2.42. The van der Waals surface area contributed by atoms with E-state index in [1.165, 1.54) is 42.4 Å². The van der Waals surface area contributed by atoms with Crippen molar-refractivity contribution in [2.45, 2.75) is 19.9 Å². The molecular weight excluding hydrogens is 298 g/mol. The molecule has 0 amide bonds. The number of nitrogens with zero attached hydrogens (tertiary/aromatic N) is 1. The first-order valence-corrected chi connectivity index (χ1v) is 8.80. The van der Waals surface area contributed by atoms with Crippen LogP contribution in [0.1, 0.15) is 31.0 Å². The van der Waals surface area contributed by atoms with Crippen molar-refractivity contribution in [3.8, 4) is 0 Å². The number of hydrogen-bond acceptors (Lipinski definition) is 2. The predicted molar refractivity (Wildman–Crippen MR) is 100 cm³/mol. The Bertz CT molecular complexity index is 1050. The second-order valence-corrected chi connectivity index (χ2v) is 7.55. The average Bonchev–Trinajstić information content (AvgIpc) is 2.92. The summed E-state index contributed by atoms with van der Waals surface area (Å²) >= 11 is 1.90. The highest BCUT2D eigenvalue weighted by Gasteiger charge is 2.26. The van der Waals surface area contributed by atoms with Gasteiger partial charge >= 0.3 is 0 Å². The summed E-state index contributed by atoms with van der Waals surface area (Å²) in [4.78, 5) is 2.32. The molecule has 0 spiro atoms. The number of fused-ring (bicyclic) bond motifs is 6. The SMILES string of the molecule is CC1=CC2c3cc4c(cc3C(C)=CN2C=C1)sc1ccccc14. The molecule has 3 aromatic rings. The van der Waals surface area contributed by atoms with Crippen molar-refractivity contribution in [2.75, 3.05) is 0 Å². The molecule has 0 N–H and O–H groups in total. The zero-order valence-corrected chi connectivity index (χ0v) is 14.0. The Hall–Kier alpha value is -2.32. The third kappa shape index (κ3) is 1.85. The van der Waals surface area contributed by atoms with E-state index in [4.69, 9.17) is 0 Å². The summed E-state index contributed by atoms with van der Waals surface area (Å²) in [5.74, 6) is 0. The fourth-order valence-corrected chi connectivity index (χ4v) is 4.86. The lowest BCUT2D eigenvalue weighted by atomic mass is 9.88. The quantitative estimate of drug-likeness (QED) is 0.474. The zero-order chi connectivity index (χ0) is 15.6. The molecular formula is C21H17NS. The lowest BCUT2D eigenvalue weighted by Crippen LogP contribution is -2.23. The first-order valence-electron chi connectivity index (χ1n) is 7.99. The molecule has 0 fully saturated rings. The van der Waals surface area contributed by atoms with E-state index in [1.54, 1.807) is 0 Å². The number of hydrogen-bond donors (Lipinski definition) is 0. The third-order valence-electron chi connectivity index (χ3n) is 4.89. The van der Waals surface area contributed by atoms with Crippen molar-refractivity contribution in [3.63, 3.8) is 0 Å². The molecule has 1 atom stereocenters. The lowest BCUT2D eigenvalue weighted by molar-refractivity contribution is 0.425. The molecule has 0 radical (unpaired) electrons. The van der Waals surface area contributed by atoms with Crippen molar-refractivity contribution < 1.29 is 0 Å². The molecule has 2 heteroatoms. The van der Waals surface area contributed by atoms with Gasteiger partial charge in [0.1, 0.15) is 0 Å². The van der Waals surface area contributed by atoms with Gasteiger partial charge in [-0.15, -0.1) is 11.3 Å². The molecule has 1 nitrogen and oxygen atoms in total. The number of rotatable bonds is 0. The van der Waals surface area contributed by atoms with Gasteiger partial charge in [0, 0.05) is 32.6 Å². The van der Waals surface area contributed by atoms with Gasteiger partial charge in [0.15, 0.2) is 0 Å². The Balaban J connectivity index is 1.85. The molecule has 2 aliphatic heterocycles. The number of benzene rings is 2. The largest absolute Gasteiger partial charge is 0.343 e. The van der Waals surface area contributed by atoms with Crippen molar-refractivity contribution in [3.05, 3.63) is 77.7 Å². The van der Waals surface area contributed by atoms with Crippen LogP contribution in [0.25, 0.3) is 25.7 Å². The molecule has 1 aromatic heterocycles. The van der Waals surface area contributed by atoms with E-state index in [0.717, 1.165) is 0 Å². The van der Waals surface area contributed by atoms with Gasteiger partial charge in [-0.05, 0) is 54.8 Å². The van der Waals surface area contributed by atoms with E-state index < -0.39 is 0 Å². The van der Waals surface area contributed by atoms with E-state index in [0.29, 0.717) is 6.04 Å². The molecule has 5 rings (SSSR count). The van der Waals surface area contributed by atoms with Crippen molar-refractivity contribution in [1.82, 2.24) is 4.90 Å². The van der Waals surface area contributed by atoms with Gasteiger partial charge in [-0.2, -0.15) is 0 Å². The smallest absolute Gasteiger partial charge is 0.0775 e. The Labute approximate surface area is 139 Å². The minimum atomic E-state index is 0.321. The van der Waals surface area contributed by atoms with E-state index >= 15 is 0 Å². The fourth-order valence-electron chi connectivity index (χ4n) is 3.73. The maximum Gasteiger partial charge on any atom is 0.0775 e. The number of thiophene rings is 1. The van der Waals surface area contributed by atoms with Gasteiger partial charge in [0.2, 0.25) is 0 Å². The van der Waals surface area contributed by atoms with Crippen molar-refractivity contribution >= 4 is 37.1 Å². The van der Waals surface area contributed by atoms with E-state index in [-0.39, 0.29) is 0 Å². The van der Waals surface area contributed by atoms with E-state index in [2.05, 4.69) is 79.7 Å². The Morgan fingerprint density at radius 2 is 1.87 bits per heavy atom. The van der Waals surface area contributed by atoms with Crippen LogP contribution < -0.4 is 0 Å². The van der Waals surface area contributed by atoms with Crippen LogP contribution in [0.2, 0.25) is 0 Å². The monoisotopic (exact) mass is 315 g/mol. The summed E-state index contributed by atoms with van der Waals surface area (Å²) in [6, 6.07) is 13.9. The van der Waals surface area contributed by atoms with Crippen molar-refractivity contribution in [1.29, 1.82) is 0 Å². The van der Waals surface area contributed by atoms with Gasteiger partial charge in [0.05, 0.1) is 6.04 Å². The second kappa shape index (κ2) is 4.59. The highest BCUT2D eigenvalue weighted by Crippen LogP contribution is 2.43. The van der Waals surface area contributed by atoms with Crippen LogP contribution in [0.4, 0.5) is 0 Å². The van der Waals surface area contributed by atoms with Crippen molar-refractivity contribution in [2.24, 2.45) is 0 Å². The summed E-state index contributed by atoms with van der Waals surface area (Å²) in [6.45, 7) is 4.39. The molecule has 0 bridgehead atoms. The third-order valence-corrected chi connectivity index (χ3v) is 6.02. The standard InChI is InChI=1S/C21H17NS/c1-13-7-8-22-12-14(2)16-11-21-18(10-17(16)19(22)9-13)15-5-3-4-6-20(15)23-21/h3-12,19H,1-2H3. The summed E-state index contributed by atoms with van der Waals surface area (Å²) in [5.41, 5.74) is 5.49. The fraction of sp³-hybridized carbons (Fsp3) is 0.143. The van der Waals surface area contributed by atoms with Gasteiger partial charge in [0.25, 0.3) is 0 Å². The molecule has 23 heavy (non-hydrogen) atoms. The van der Waals surface area contributed by atoms with Gasteiger partial charge in [-0.1, -0.05) is 29.8 Å². The van der Waals surface area contributed by atoms with E-state index in [1.807, 2.05) is 11.3 Å². The Morgan fingerprint density at radius 3 is 2.78 bits per heavy atom. The molecule has 0 saturated heterocycles. The van der Waals surface area contributed by atoms with Gasteiger partial charge in [-0.25, -0.2) is 0 Å². The molecule has 1 unspecified atom stereocenters. The van der Waals surface area contributed by atoms with Crippen LogP contribution in [-0.2, 0) is 0 Å². The van der Waals surface area contributed by atoms with E-state index in [9.17, 15) is 0 Å². The minimum absolute atomic E-state index is 0.321. The zero-order valence-electron chi connectivity index (χ0n) is 13.2. The maximum atomic E-state index is 2.42. The highest BCUT2D eigenvalue weighted by molar-refractivity contribution is 7.25. The van der Waals surface area contributed by atoms with Gasteiger partial charge in [-0.3, -0.25) is 0 Å². The average molecular weight is 315 g/mol. The van der Waals surface area contributed by atoms with Crippen LogP contribution in [0.3, 0.4) is 0 Å². The normalized spacial score (nSPS) is 19.6. The van der Waals surface area contributed by atoms with Gasteiger partial charge < -0.3 is 4.90 Å². The number of allylic oxidation sites excluding steroid dienone is 3. The molecule has 0 saturated carbocycles. The minimum Gasteiger partial charge on any atom is -0.343 e. The molecule has 2 aromatic carbocycles. The summed E-state index contributed by atoms with van der Waals surface area (Å²) in [5, 5.41) is 2.76. The van der Waals surface area contributed by atoms with Crippen LogP contribution in [0.5, 0.6) is 0 Å². The van der Waals surface area contributed by atoms with Crippen LogP contribution in [0.15, 0.2) is 66.5 Å². The summed E-state index contributed by atoms with van der Waals surface area (Å²) in [6.07, 6.45) is 9.01. The van der Waals surface area contributed by atoms with Crippen LogP contribution >= 0.6 is 11.3 Å². The predicted octanol–water partition coefficient (Wildman–Crippen LogP) is 6.25.